The first-order valence-electron chi connectivity index (χ1n) is 6.99. The van der Waals surface area contributed by atoms with Crippen LogP contribution in [0.5, 0.6) is 0 Å². The largest absolute Gasteiger partial charge is 0.481 e. The molecule has 0 aliphatic carbocycles. The Balaban J connectivity index is 2.27. The first-order valence-corrected chi connectivity index (χ1v) is 7.79. The molecule has 0 fully saturated rings. The van der Waals surface area contributed by atoms with Gasteiger partial charge in [-0.05, 0) is 48.3 Å². The van der Waals surface area contributed by atoms with Crippen molar-refractivity contribution in [2.24, 2.45) is 0 Å². The fraction of sp³-hybridized carbons (Fsp3) is 0.333. The van der Waals surface area contributed by atoms with Crippen molar-refractivity contribution >= 4 is 27.6 Å². The molecule has 0 aliphatic rings. The second-order valence-electron chi connectivity index (χ2n) is 5.68. The highest BCUT2D eigenvalue weighted by Gasteiger charge is 2.21. The lowest BCUT2D eigenvalue weighted by atomic mass is 9.98. The zero-order chi connectivity index (χ0) is 17.0. The first kappa shape index (κ1) is 17.1. The number of anilines is 1. The van der Waals surface area contributed by atoms with Gasteiger partial charge in [-0.3, -0.25) is 9.59 Å². The maximum atomic E-state index is 12.4. The lowest BCUT2D eigenvalue weighted by Crippen LogP contribution is -2.33. The third-order valence-corrected chi connectivity index (χ3v) is 3.99. The standard InChI is InChI=1S/C15H17BrN4O3/c1-15(2,7-6-12(21)22)19-10-9-18-20(14(23)13(10)16)11-5-3-4-8-17-11/h3-5,8-9,19H,6-7H2,1-2H3,(H,21,22). The Kier molecular flexibility index (Phi) is 5.15. The Morgan fingerprint density at radius 2 is 2.17 bits per heavy atom. The maximum absolute atomic E-state index is 12.4. The number of carboxylic acid groups (broad SMARTS) is 1. The quantitative estimate of drug-likeness (QED) is 0.798. The molecule has 2 aromatic heterocycles. The number of aliphatic carboxylic acids is 1. The van der Waals surface area contributed by atoms with Crippen LogP contribution in [0.25, 0.3) is 5.82 Å². The molecule has 0 aliphatic heterocycles. The van der Waals surface area contributed by atoms with Gasteiger partial charge in [0.2, 0.25) is 0 Å². The molecule has 0 amide bonds. The van der Waals surface area contributed by atoms with Gasteiger partial charge in [-0.15, -0.1) is 0 Å². The first-order chi connectivity index (χ1) is 10.8. The van der Waals surface area contributed by atoms with Crippen molar-refractivity contribution in [1.82, 2.24) is 14.8 Å². The maximum Gasteiger partial charge on any atom is 0.303 e. The number of halogens is 1. The molecule has 0 saturated carbocycles. The Morgan fingerprint density at radius 1 is 1.43 bits per heavy atom. The van der Waals surface area contributed by atoms with E-state index in [4.69, 9.17) is 5.11 Å². The number of nitrogens with one attached hydrogen (secondary N) is 1. The van der Waals surface area contributed by atoms with Crippen LogP contribution < -0.4 is 10.9 Å². The van der Waals surface area contributed by atoms with Gasteiger partial charge in [-0.25, -0.2) is 4.98 Å². The molecular weight excluding hydrogens is 364 g/mol. The van der Waals surface area contributed by atoms with Gasteiger partial charge in [0.15, 0.2) is 5.82 Å². The minimum absolute atomic E-state index is 0.0377. The predicted octanol–water partition coefficient (Wildman–Crippen LogP) is 2.45. The zero-order valence-electron chi connectivity index (χ0n) is 12.8. The lowest BCUT2D eigenvalue weighted by molar-refractivity contribution is -0.137. The Morgan fingerprint density at radius 3 is 2.78 bits per heavy atom. The number of nitrogens with zero attached hydrogens (tertiary/aromatic N) is 3. The van der Waals surface area contributed by atoms with E-state index in [-0.39, 0.29) is 12.0 Å². The van der Waals surface area contributed by atoms with Gasteiger partial charge in [-0.1, -0.05) is 6.07 Å². The van der Waals surface area contributed by atoms with Crippen LogP contribution in [0, 0.1) is 0 Å². The monoisotopic (exact) mass is 380 g/mol. The molecule has 0 bridgehead atoms. The molecular formula is C15H17BrN4O3. The van der Waals surface area contributed by atoms with E-state index in [0.29, 0.717) is 22.4 Å². The zero-order valence-corrected chi connectivity index (χ0v) is 14.4. The summed E-state index contributed by atoms with van der Waals surface area (Å²) in [5.74, 6) is -0.433. The summed E-state index contributed by atoms with van der Waals surface area (Å²) in [7, 11) is 0. The van der Waals surface area contributed by atoms with Crippen LogP contribution in [-0.4, -0.2) is 31.4 Å². The number of aromatic nitrogens is 3. The van der Waals surface area contributed by atoms with Crippen molar-refractivity contribution in [3.05, 3.63) is 45.4 Å². The fourth-order valence-corrected chi connectivity index (χ4v) is 2.38. The van der Waals surface area contributed by atoms with Gasteiger partial charge >= 0.3 is 5.97 Å². The van der Waals surface area contributed by atoms with E-state index in [1.807, 2.05) is 13.8 Å². The van der Waals surface area contributed by atoms with Crippen molar-refractivity contribution in [3.8, 4) is 5.82 Å². The van der Waals surface area contributed by atoms with Crippen molar-refractivity contribution in [2.45, 2.75) is 32.2 Å². The Bertz CT molecular complexity index is 759. The predicted molar refractivity (Wildman–Crippen MR) is 89.9 cm³/mol. The third-order valence-electron chi connectivity index (χ3n) is 3.22. The number of hydrogen-bond donors (Lipinski definition) is 2. The molecule has 2 N–H and O–H groups in total. The molecule has 23 heavy (non-hydrogen) atoms. The molecule has 0 radical (unpaired) electrons. The minimum Gasteiger partial charge on any atom is -0.481 e. The third kappa shape index (κ3) is 4.38. The van der Waals surface area contributed by atoms with Crippen LogP contribution >= 0.6 is 15.9 Å². The summed E-state index contributed by atoms with van der Waals surface area (Å²) in [5.41, 5.74) is -0.327. The molecule has 0 aromatic carbocycles. The molecule has 0 spiro atoms. The van der Waals surface area contributed by atoms with Crippen molar-refractivity contribution in [1.29, 1.82) is 0 Å². The van der Waals surface area contributed by atoms with Gasteiger partial charge in [0.25, 0.3) is 5.56 Å². The second kappa shape index (κ2) is 6.91. The summed E-state index contributed by atoms with van der Waals surface area (Å²) in [6.45, 7) is 3.74. The summed E-state index contributed by atoms with van der Waals surface area (Å²) < 4.78 is 1.51. The number of hydrogen-bond acceptors (Lipinski definition) is 5. The van der Waals surface area contributed by atoms with E-state index in [9.17, 15) is 9.59 Å². The molecule has 0 unspecified atom stereocenters. The second-order valence-corrected chi connectivity index (χ2v) is 6.47. The average molecular weight is 381 g/mol. The van der Waals surface area contributed by atoms with E-state index >= 15 is 0 Å². The SMILES string of the molecule is CC(C)(CCC(=O)O)Nc1cnn(-c2ccccn2)c(=O)c1Br. The van der Waals surface area contributed by atoms with Crippen molar-refractivity contribution in [2.75, 3.05) is 5.32 Å². The topological polar surface area (TPSA) is 97.1 Å². The number of carboxylic acids is 1. The summed E-state index contributed by atoms with van der Waals surface area (Å²) in [6, 6.07) is 5.21. The number of pyridine rings is 1. The molecule has 7 nitrogen and oxygen atoms in total. The van der Waals surface area contributed by atoms with Crippen LogP contribution in [0.4, 0.5) is 5.69 Å². The van der Waals surface area contributed by atoms with Crippen LogP contribution in [0.15, 0.2) is 39.9 Å². The van der Waals surface area contributed by atoms with Gasteiger partial charge in [-0.2, -0.15) is 9.78 Å². The summed E-state index contributed by atoms with van der Waals surface area (Å²) in [4.78, 5) is 27.2. The summed E-state index contributed by atoms with van der Waals surface area (Å²) in [5, 5.41) is 16.1. The highest BCUT2D eigenvalue weighted by atomic mass is 79.9. The highest BCUT2D eigenvalue weighted by Crippen LogP contribution is 2.24. The minimum atomic E-state index is -0.859. The molecule has 122 valence electrons. The van der Waals surface area contributed by atoms with Gasteiger partial charge in [0, 0.05) is 18.2 Å². The summed E-state index contributed by atoms with van der Waals surface area (Å²) >= 11 is 3.28. The summed E-state index contributed by atoms with van der Waals surface area (Å²) in [6.07, 6.45) is 3.55. The highest BCUT2D eigenvalue weighted by molar-refractivity contribution is 9.10. The van der Waals surface area contributed by atoms with Gasteiger partial charge in [0.1, 0.15) is 4.47 Å². The van der Waals surface area contributed by atoms with Crippen molar-refractivity contribution < 1.29 is 9.90 Å². The fourth-order valence-electron chi connectivity index (χ4n) is 2.01. The average Bonchev–Trinajstić information content (AvgIpc) is 2.51. The van der Waals surface area contributed by atoms with E-state index < -0.39 is 11.5 Å². The van der Waals surface area contributed by atoms with Gasteiger partial charge < -0.3 is 10.4 Å². The lowest BCUT2D eigenvalue weighted by Gasteiger charge is -2.27. The molecule has 0 atom stereocenters. The van der Waals surface area contributed by atoms with Crippen LogP contribution in [-0.2, 0) is 4.79 Å². The van der Waals surface area contributed by atoms with Crippen LogP contribution in [0.2, 0.25) is 0 Å². The number of carbonyl (C=O) groups is 1. The van der Waals surface area contributed by atoms with Crippen LogP contribution in [0.3, 0.4) is 0 Å². The normalized spacial score (nSPS) is 11.3. The molecule has 2 aromatic rings. The number of rotatable bonds is 6. The van der Waals surface area contributed by atoms with Crippen LogP contribution in [0.1, 0.15) is 26.7 Å². The molecule has 2 heterocycles. The van der Waals surface area contributed by atoms with E-state index in [2.05, 4.69) is 31.3 Å². The van der Waals surface area contributed by atoms with Gasteiger partial charge in [0.05, 0.1) is 11.9 Å². The Labute approximate surface area is 141 Å². The molecule has 8 heteroatoms. The Hall–Kier alpha value is -2.22. The van der Waals surface area contributed by atoms with E-state index in [1.165, 1.54) is 10.9 Å². The smallest absolute Gasteiger partial charge is 0.303 e. The molecule has 0 saturated heterocycles. The van der Waals surface area contributed by atoms with E-state index in [1.54, 1.807) is 24.4 Å². The van der Waals surface area contributed by atoms with E-state index in [0.717, 1.165) is 0 Å². The van der Waals surface area contributed by atoms with Crippen molar-refractivity contribution in [3.63, 3.8) is 0 Å². The molecule has 2 rings (SSSR count).